The van der Waals surface area contributed by atoms with Crippen LogP contribution in [0.25, 0.3) is 0 Å². The lowest BCUT2D eigenvalue weighted by Crippen LogP contribution is -2.47. The van der Waals surface area contributed by atoms with Crippen LogP contribution in [0.15, 0.2) is 0 Å². The van der Waals surface area contributed by atoms with Crippen molar-refractivity contribution in [3.05, 3.63) is 0 Å². The molecule has 0 radical (unpaired) electrons. The second kappa shape index (κ2) is 6.21. The topological polar surface area (TPSA) is 55.6 Å². The summed E-state index contributed by atoms with van der Waals surface area (Å²) < 4.78 is 5.00. The van der Waals surface area contributed by atoms with Crippen molar-refractivity contribution in [2.24, 2.45) is 17.6 Å². The van der Waals surface area contributed by atoms with Crippen molar-refractivity contribution < 1.29 is 9.53 Å². The number of carbonyl (C=O) groups excluding carboxylic acids is 1. The van der Waals surface area contributed by atoms with E-state index in [0.29, 0.717) is 18.6 Å². The second-order valence-electron chi connectivity index (χ2n) is 4.84. The van der Waals surface area contributed by atoms with Crippen LogP contribution in [0.4, 0.5) is 0 Å². The summed E-state index contributed by atoms with van der Waals surface area (Å²) in [5.74, 6) is 0.384. The van der Waals surface area contributed by atoms with Gasteiger partial charge in [0.1, 0.15) is 0 Å². The van der Waals surface area contributed by atoms with Crippen LogP contribution in [0, 0.1) is 11.8 Å². The highest BCUT2D eigenvalue weighted by Gasteiger charge is 2.25. The van der Waals surface area contributed by atoms with Crippen LogP contribution >= 0.6 is 0 Å². The Bertz CT molecular complexity index is 233. The van der Waals surface area contributed by atoms with Crippen molar-refractivity contribution in [1.82, 2.24) is 4.90 Å². The van der Waals surface area contributed by atoms with Gasteiger partial charge in [0, 0.05) is 19.1 Å². The first-order valence-electron chi connectivity index (χ1n) is 6.19. The van der Waals surface area contributed by atoms with E-state index in [-0.39, 0.29) is 11.9 Å². The zero-order chi connectivity index (χ0) is 12.1. The number of ether oxygens (including phenoxy) is 1. The fourth-order valence-electron chi connectivity index (χ4n) is 2.16. The molecular formula is C12H24N2O2. The Morgan fingerprint density at radius 3 is 2.88 bits per heavy atom. The van der Waals surface area contributed by atoms with Crippen LogP contribution in [-0.2, 0) is 9.53 Å². The molecule has 1 saturated heterocycles. The van der Waals surface area contributed by atoms with Gasteiger partial charge in [-0.3, -0.25) is 4.79 Å². The standard InChI is InChI=1S/C12H24N2O2/c1-4-16-12(15)10(3)8-14-6-5-11(13)9(2)7-14/h9-11H,4-8,13H2,1-3H3. The Labute approximate surface area is 98.1 Å². The predicted molar refractivity (Wildman–Crippen MR) is 64.0 cm³/mol. The molecule has 1 fully saturated rings. The van der Waals surface area contributed by atoms with Gasteiger partial charge in [-0.1, -0.05) is 13.8 Å². The summed E-state index contributed by atoms with van der Waals surface area (Å²) >= 11 is 0. The molecule has 0 spiro atoms. The van der Waals surface area contributed by atoms with Crippen LogP contribution in [-0.4, -0.2) is 43.2 Å². The minimum absolute atomic E-state index is 0.0403. The SMILES string of the molecule is CCOC(=O)C(C)CN1CCC(N)C(C)C1. The van der Waals surface area contributed by atoms with Crippen LogP contribution in [0.1, 0.15) is 27.2 Å². The van der Waals surface area contributed by atoms with Crippen LogP contribution in [0.5, 0.6) is 0 Å². The fraction of sp³-hybridized carbons (Fsp3) is 0.917. The summed E-state index contributed by atoms with van der Waals surface area (Å²) in [5.41, 5.74) is 5.96. The molecule has 4 nitrogen and oxygen atoms in total. The molecule has 0 aromatic carbocycles. The third kappa shape index (κ3) is 3.76. The van der Waals surface area contributed by atoms with E-state index < -0.39 is 0 Å². The molecule has 3 atom stereocenters. The van der Waals surface area contributed by atoms with Crippen LogP contribution in [0.3, 0.4) is 0 Å². The van der Waals surface area contributed by atoms with Crippen molar-refractivity contribution >= 4 is 5.97 Å². The molecule has 0 aromatic rings. The van der Waals surface area contributed by atoms with Gasteiger partial charge in [-0.15, -0.1) is 0 Å². The van der Waals surface area contributed by atoms with Crippen LogP contribution in [0.2, 0.25) is 0 Å². The minimum Gasteiger partial charge on any atom is -0.466 e. The molecule has 3 unspecified atom stereocenters. The number of nitrogens with two attached hydrogens (primary N) is 1. The van der Waals surface area contributed by atoms with Gasteiger partial charge in [0.25, 0.3) is 0 Å². The number of likely N-dealkylation sites (tertiary alicyclic amines) is 1. The van der Waals surface area contributed by atoms with Gasteiger partial charge in [0.15, 0.2) is 0 Å². The molecule has 2 N–H and O–H groups in total. The van der Waals surface area contributed by atoms with E-state index in [2.05, 4.69) is 11.8 Å². The lowest BCUT2D eigenvalue weighted by atomic mass is 9.94. The highest BCUT2D eigenvalue weighted by molar-refractivity contribution is 5.72. The Hall–Kier alpha value is -0.610. The summed E-state index contributed by atoms with van der Waals surface area (Å²) in [6.07, 6.45) is 1.02. The molecular weight excluding hydrogens is 204 g/mol. The van der Waals surface area contributed by atoms with E-state index in [1.807, 2.05) is 13.8 Å². The van der Waals surface area contributed by atoms with E-state index >= 15 is 0 Å². The van der Waals surface area contributed by atoms with Gasteiger partial charge in [-0.05, 0) is 25.8 Å². The zero-order valence-electron chi connectivity index (χ0n) is 10.6. The summed E-state index contributed by atoms with van der Waals surface area (Å²) in [6.45, 7) is 9.18. The average molecular weight is 228 g/mol. The maximum atomic E-state index is 11.5. The zero-order valence-corrected chi connectivity index (χ0v) is 10.6. The fourth-order valence-corrected chi connectivity index (χ4v) is 2.16. The number of rotatable bonds is 4. The number of carbonyl (C=O) groups is 1. The molecule has 1 aliphatic rings. The van der Waals surface area contributed by atoms with E-state index in [1.165, 1.54) is 0 Å². The molecule has 0 amide bonds. The van der Waals surface area contributed by atoms with E-state index in [4.69, 9.17) is 10.5 Å². The van der Waals surface area contributed by atoms with Gasteiger partial charge < -0.3 is 15.4 Å². The minimum atomic E-state index is -0.0926. The lowest BCUT2D eigenvalue weighted by Gasteiger charge is -2.35. The Morgan fingerprint density at radius 1 is 1.62 bits per heavy atom. The quantitative estimate of drug-likeness (QED) is 0.725. The first-order valence-corrected chi connectivity index (χ1v) is 6.19. The first-order chi connectivity index (χ1) is 7.54. The molecule has 16 heavy (non-hydrogen) atoms. The molecule has 4 heteroatoms. The second-order valence-corrected chi connectivity index (χ2v) is 4.84. The number of piperidine rings is 1. The number of hydrogen-bond donors (Lipinski definition) is 1. The maximum absolute atomic E-state index is 11.5. The molecule has 0 saturated carbocycles. The van der Waals surface area contributed by atoms with Crippen LogP contribution < -0.4 is 5.73 Å². The third-order valence-electron chi connectivity index (χ3n) is 3.28. The normalized spacial score (nSPS) is 28.8. The maximum Gasteiger partial charge on any atom is 0.309 e. The summed E-state index contributed by atoms with van der Waals surface area (Å²) in [5, 5.41) is 0. The number of esters is 1. The molecule has 94 valence electrons. The lowest BCUT2D eigenvalue weighted by molar-refractivity contribution is -0.148. The smallest absolute Gasteiger partial charge is 0.309 e. The van der Waals surface area contributed by atoms with Gasteiger partial charge in [0.2, 0.25) is 0 Å². The number of nitrogens with zero attached hydrogens (tertiary/aromatic N) is 1. The van der Waals surface area contributed by atoms with Crippen molar-refractivity contribution in [3.8, 4) is 0 Å². The summed E-state index contributed by atoms with van der Waals surface area (Å²) in [4.78, 5) is 13.8. The highest BCUT2D eigenvalue weighted by Crippen LogP contribution is 2.16. The molecule has 1 rings (SSSR count). The summed E-state index contributed by atoms with van der Waals surface area (Å²) in [6, 6.07) is 0.314. The van der Waals surface area contributed by atoms with Gasteiger partial charge >= 0.3 is 5.97 Å². The molecule has 1 aliphatic heterocycles. The van der Waals surface area contributed by atoms with Crippen molar-refractivity contribution in [2.45, 2.75) is 33.2 Å². The first kappa shape index (κ1) is 13.5. The van der Waals surface area contributed by atoms with Crippen molar-refractivity contribution in [1.29, 1.82) is 0 Å². The Balaban J connectivity index is 2.34. The monoisotopic (exact) mass is 228 g/mol. The Morgan fingerprint density at radius 2 is 2.31 bits per heavy atom. The molecule has 0 aromatic heterocycles. The molecule has 0 aliphatic carbocycles. The average Bonchev–Trinajstić information content (AvgIpc) is 2.24. The van der Waals surface area contributed by atoms with Crippen molar-refractivity contribution in [2.75, 3.05) is 26.2 Å². The highest BCUT2D eigenvalue weighted by atomic mass is 16.5. The predicted octanol–water partition coefficient (Wildman–Crippen LogP) is 0.855. The van der Waals surface area contributed by atoms with E-state index in [0.717, 1.165) is 26.1 Å². The van der Waals surface area contributed by atoms with E-state index in [9.17, 15) is 4.79 Å². The molecule has 1 heterocycles. The number of hydrogen-bond acceptors (Lipinski definition) is 4. The van der Waals surface area contributed by atoms with Gasteiger partial charge in [-0.25, -0.2) is 0 Å². The third-order valence-corrected chi connectivity index (χ3v) is 3.28. The van der Waals surface area contributed by atoms with Gasteiger partial charge in [0.05, 0.1) is 12.5 Å². The van der Waals surface area contributed by atoms with Crippen molar-refractivity contribution in [3.63, 3.8) is 0 Å². The van der Waals surface area contributed by atoms with E-state index in [1.54, 1.807) is 0 Å². The Kier molecular flexibility index (Phi) is 5.22. The molecule has 0 bridgehead atoms. The largest absolute Gasteiger partial charge is 0.466 e. The van der Waals surface area contributed by atoms with Gasteiger partial charge in [-0.2, -0.15) is 0 Å². The summed E-state index contributed by atoms with van der Waals surface area (Å²) in [7, 11) is 0.